The Morgan fingerprint density at radius 2 is 2.10 bits per heavy atom. The van der Waals surface area contributed by atoms with Crippen LogP contribution in [0.5, 0.6) is 0 Å². The maximum atomic E-state index is 4.58. The van der Waals surface area contributed by atoms with Gasteiger partial charge < -0.3 is 5.32 Å². The van der Waals surface area contributed by atoms with Crippen LogP contribution in [0.4, 0.5) is 0 Å². The molecule has 2 heteroatoms. The van der Waals surface area contributed by atoms with Crippen LogP contribution < -0.4 is 5.32 Å². The number of pyridine rings is 1. The van der Waals surface area contributed by atoms with Gasteiger partial charge in [0.15, 0.2) is 0 Å². The first kappa shape index (κ1) is 16.5. The van der Waals surface area contributed by atoms with E-state index in [1.54, 1.807) is 0 Å². The molecule has 0 amide bonds. The number of rotatable bonds is 8. The Kier molecular flexibility index (Phi) is 7.21. The molecule has 1 N–H and O–H groups in total. The molecule has 0 bridgehead atoms. The van der Waals surface area contributed by atoms with Crippen molar-refractivity contribution in [3.05, 3.63) is 29.6 Å². The minimum atomic E-state index is 0.598. The van der Waals surface area contributed by atoms with Crippen molar-refractivity contribution in [1.82, 2.24) is 10.3 Å². The summed E-state index contributed by atoms with van der Waals surface area (Å²) in [6, 6.07) is 4.82. The minimum Gasteiger partial charge on any atom is -0.314 e. The van der Waals surface area contributed by atoms with Gasteiger partial charge in [-0.1, -0.05) is 45.1 Å². The molecule has 1 unspecified atom stereocenters. The average molecular weight is 288 g/mol. The number of aromatic nitrogens is 1. The fraction of sp³-hybridized carbons (Fsp3) is 0.737. The van der Waals surface area contributed by atoms with Crippen molar-refractivity contribution in [3.8, 4) is 0 Å². The fourth-order valence-corrected chi connectivity index (χ4v) is 3.50. The van der Waals surface area contributed by atoms with E-state index < -0.39 is 0 Å². The second kappa shape index (κ2) is 9.19. The Bertz CT molecular complexity index is 396. The number of hydrogen-bond acceptors (Lipinski definition) is 2. The molecule has 2 nitrogen and oxygen atoms in total. The molecule has 1 aliphatic carbocycles. The summed E-state index contributed by atoms with van der Waals surface area (Å²) in [5.41, 5.74) is 2.60. The van der Waals surface area contributed by atoms with Crippen molar-refractivity contribution in [1.29, 1.82) is 0 Å². The summed E-state index contributed by atoms with van der Waals surface area (Å²) in [5.74, 6) is 0.981. The fourth-order valence-electron chi connectivity index (χ4n) is 3.50. The van der Waals surface area contributed by atoms with Crippen LogP contribution >= 0.6 is 0 Å². The van der Waals surface area contributed by atoms with Gasteiger partial charge in [0.05, 0.1) is 0 Å². The summed E-state index contributed by atoms with van der Waals surface area (Å²) < 4.78 is 0. The van der Waals surface area contributed by atoms with Crippen molar-refractivity contribution in [2.24, 2.45) is 5.92 Å². The molecule has 1 saturated carbocycles. The SMILES string of the molecule is CCCNC(CCC1CCCCC1)Cc1ncccc1C. The van der Waals surface area contributed by atoms with Crippen molar-refractivity contribution >= 4 is 0 Å². The van der Waals surface area contributed by atoms with Gasteiger partial charge in [0.1, 0.15) is 0 Å². The zero-order chi connectivity index (χ0) is 14.9. The van der Waals surface area contributed by atoms with Crippen LogP contribution in [0.15, 0.2) is 18.3 Å². The molecule has 0 radical (unpaired) electrons. The third-order valence-corrected chi connectivity index (χ3v) is 4.89. The normalized spacial score (nSPS) is 17.8. The highest BCUT2D eigenvalue weighted by Crippen LogP contribution is 2.28. The maximum Gasteiger partial charge on any atom is 0.0448 e. The van der Waals surface area contributed by atoms with Crippen molar-refractivity contribution < 1.29 is 0 Å². The number of aryl methyl sites for hydroxylation is 1. The number of nitrogens with zero attached hydrogens (tertiary/aromatic N) is 1. The first-order valence-electron chi connectivity index (χ1n) is 8.93. The molecule has 1 fully saturated rings. The lowest BCUT2D eigenvalue weighted by Gasteiger charge is -2.25. The van der Waals surface area contributed by atoms with E-state index in [0.717, 1.165) is 18.9 Å². The molecule has 0 aliphatic heterocycles. The molecule has 0 aromatic carbocycles. The Hall–Kier alpha value is -0.890. The molecule has 0 saturated heterocycles. The van der Waals surface area contributed by atoms with E-state index in [1.165, 1.54) is 62.6 Å². The lowest BCUT2D eigenvalue weighted by Crippen LogP contribution is -2.33. The highest BCUT2D eigenvalue weighted by atomic mass is 14.9. The van der Waals surface area contributed by atoms with Gasteiger partial charge in [-0.15, -0.1) is 0 Å². The predicted octanol–water partition coefficient (Wildman–Crippen LogP) is 4.66. The van der Waals surface area contributed by atoms with E-state index in [4.69, 9.17) is 0 Å². The van der Waals surface area contributed by atoms with Gasteiger partial charge >= 0.3 is 0 Å². The quantitative estimate of drug-likeness (QED) is 0.752. The molecular weight excluding hydrogens is 256 g/mol. The van der Waals surface area contributed by atoms with Crippen LogP contribution in [0.25, 0.3) is 0 Å². The van der Waals surface area contributed by atoms with Crippen LogP contribution in [0.1, 0.15) is 69.5 Å². The number of hydrogen-bond donors (Lipinski definition) is 1. The second-order valence-electron chi connectivity index (χ2n) is 6.70. The molecule has 1 heterocycles. The van der Waals surface area contributed by atoms with Crippen LogP contribution in [0, 0.1) is 12.8 Å². The molecule has 1 atom stereocenters. The summed E-state index contributed by atoms with van der Waals surface area (Å²) in [6.45, 7) is 5.55. The maximum absolute atomic E-state index is 4.58. The van der Waals surface area contributed by atoms with Gasteiger partial charge in [-0.3, -0.25) is 4.98 Å². The topological polar surface area (TPSA) is 24.9 Å². The third kappa shape index (κ3) is 5.78. The standard InChI is InChI=1S/C19H32N2/c1-3-13-20-18(12-11-17-9-5-4-6-10-17)15-19-16(2)8-7-14-21-19/h7-8,14,17-18,20H,3-6,9-13,15H2,1-2H3. The van der Waals surface area contributed by atoms with E-state index in [0.29, 0.717) is 6.04 Å². The van der Waals surface area contributed by atoms with Gasteiger partial charge in [-0.05, 0) is 50.3 Å². The highest BCUT2D eigenvalue weighted by Gasteiger charge is 2.17. The van der Waals surface area contributed by atoms with Gasteiger partial charge in [-0.25, -0.2) is 0 Å². The number of nitrogens with one attached hydrogen (secondary N) is 1. The lowest BCUT2D eigenvalue weighted by atomic mass is 9.84. The molecule has 118 valence electrons. The molecule has 21 heavy (non-hydrogen) atoms. The van der Waals surface area contributed by atoms with E-state index >= 15 is 0 Å². The molecule has 2 rings (SSSR count). The van der Waals surface area contributed by atoms with Gasteiger partial charge in [-0.2, -0.15) is 0 Å². The molecule has 1 aromatic rings. The molecule has 1 aliphatic rings. The smallest absolute Gasteiger partial charge is 0.0448 e. The van der Waals surface area contributed by atoms with E-state index in [9.17, 15) is 0 Å². The van der Waals surface area contributed by atoms with Crippen molar-refractivity contribution in [2.75, 3.05) is 6.54 Å². The first-order valence-corrected chi connectivity index (χ1v) is 8.93. The van der Waals surface area contributed by atoms with E-state index in [-0.39, 0.29) is 0 Å². The average Bonchev–Trinajstić information content (AvgIpc) is 2.53. The Morgan fingerprint density at radius 3 is 2.81 bits per heavy atom. The van der Waals surface area contributed by atoms with Gasteiger partial charge in [0, 0.05) is 24.4 Å². The molecule has 0 spiro atoms. The Morgan fingerprint density at radius 1 is 1.29 bits per heavy atom. The zero-order valence-corrected chi connectivity index (χ0v) is 13.9. The minimum absolute atomic E-state index is 0.598. The monoisotopic (exact) mass is 288 g/mol. The predicted molar refractivity (Wildman–Crippen MR) is 90.6 cm³/mol. The molecule has 1 aromatic heterocycles. The van der Waals surface area contributed by atoms with Crippen LogP contribution in [-0.4, -0.2) is 17.6 Å². The lowest BCUT2D eigenvalue weighted by molar-refractivity contribution is 0.312. The van der Waals surface area contributed by atoms with E-state index in [2.05, 4.69) is 30.2 Å². The third-order valence-electron chi connectivity index (χ3n) is 4.89. The summed E-state index contributed by atoms with van der Waals surface area (Å²) in [4.78, 5) is 4.58. The highest BCUT2D eigenvalue weighted by molar-refractivity contribution is 5.18. The largest absolute Gasteiger partial charge is 0.314 e. The van der Waals surface area contributed by atoms with Crippen LogP contribution in [0.2, 0.25) is 0 Å². The van der Waals surface area contributed by atoms with Crippen LogP contribution in [-0.2, 0) is 6.42 Å². The van der Waals surface area contributed by atoms with Crippen molar-refractivity contribution in [2.45, 2.75) is 77.7 Å². The van der Waals surface area contributed by atoms with Crippen LogP contribution in [0.3, 0.4) is 0 Å². The Labute approximate surface area is 130 Å². The Balaban J connectivity index is 1.86. The summed E-state index contributed by atoms with van der Waals surface area (Å²) in [5, 5.41) is 3.74. The van der Waals surface area contributed by atoms with Gasteiger partial charge in [0.25, 0.3) is 0 Å². The second-order valence-corrected chi connectivity index (χ2v) is 6.70. The van der Waals surface area contributed by atoms with Gasteiger partial charge in [0.2, 0.25) is 0 Å². The van der Waals surface area contributed by atoms with Crippen molar-refractivity contribution in [3.63, 3.8) is 0 Å². The summed E-state index contributed by atoms with van der Waals surface area (Å²) >= 11 is 0. The zero-order valence-electron chi connectivity index (χ0n) is 13.9. The summed E-state index contributed by atoms with van der Waals surface area (Å²) in [6.07, 6.45) is 14.2. The molecular formula is C19H32N2. The first-order chi connectivity index (χ1) is 10.3. The summed E-state index contributed by atoms with van der Waals surface area (Å²) in [7, 11) is 0. The van der Waals surface area contributed by atoms with E-state index in [1.807, 2.05) is 12.3 Å².